The molecule has 1 N–H and O–H groups in total. The zero-order valence-corrected chi connectivity index (χ0v) is 12.5. The predicted molar refractivity (Wildman–Crippen MR) is 71.3 cm³/mol. The van der Waals surface area contributed by atoms with Crippen LogP contribution in [0.1, 0.15) is 48.0 Å². The minimum absolute atomic E-state index is 0.0320. The maximum atomic E-state index is 6.10. The fourth-order valence-electron chi connectivity index (χ4n) is 2.69. The van der Waals surface area contributed by atoms with E-state index in [1.807, 2.05) is 0 Å². The summed E-state index contributed by atoms with van der Waals surface area (Å²) in [6.45, 7) is 13.9. The molecule has 1 heterocycles. The monoisotopic (exact) mass is 243 g/mol. The van der Waals surface area contributed by atoms with E-state index < -0.39 is 0 Å². The van der Waals surface area contributed by atoms with Crippen LogP contribution in [0.25, 0.3) is 0 Å². The van der Waals surface area contributed by atoms with Crippen molar-refractivity contribution in [2.45, 2.75) is 71.2 Å². The minimum Gasteiger partial charge on any atom is -0.383 e. The molecule has 0 bridgehead atoms. The standard InChI is InChI=1S/C14H29NO2/c1-10(2)11(9-16-7)15-12-8-13(3,4)17-14(12,5)6/h10-12,15H,8-9H2,1-7H3. The van der Waals surface area contributed by atoms with Gasteiger partial charge in [-0.2, -0.15) is 0 Å². The third-order valence-corrected chi connectivity index (χ3v) is 3.64. The molecule has 1 saturated heterocycles. The Balaban J connectivity index is 2.66. The lowest BCUT2D eigenvalue weighted by atomic mass is 9.92. The Labute approximate surface area is 106 Å². The van der Waals surface area contributed by atoms with Gasteiger partial charge in [-0.1, -0.05) is 13.8 Å². The highest BCUT2D eigenvalue weighted by atomic mass is 16.5. The molecule has 0 spiro atoms. The smallest absolute Gasteiger partial charge is 0.0787 e. The molecule has 3 nitrogen and oxygen atoms in total. The van der Waals surface area contributed by atoms with Crippen LogP contribution >= 0.6 is 0 Å². The first-order chi connectivity index (χ1) is 7.68. The summed E-state index contributed by atoms with van der Waals surface area (Å²) in [7, 11) is 1.76. The molecule has 0 saturated carbocycles. The third-order valence-electron chi connectivity index (χ3n) is 3.64. The van der Waals surface area contributed by atoms with E-state index >= 15 is 0 Å². The molecule has 0 amide bonds. The van der Waals surface area contributed by atoms with Gasteiger partial charge in [0, 0.05) is 19.2 Å². The molecule has 1 rings (SSSR count). The van der Waals surface area contributed by atoms with Crippen molar-refractivity contribution >= 4 is 0 Å². The Hall–Kier alpha value is -0.120. The lowest BCUT2D eigenvalue weighted by molar-refractivity contribution is -0.0712. The average molecular weight is 243 g/mol. The molecule has 0 aromatic heterocycles. The Bertz CT molecular complexity index is 249. The summed E-state index contributed by atoms with van der Waals surface area (Å²) >= 11 is 0. The summed E-state index contributed by atoms with van der Waals surface area (Å²) in [6, 6.07) is 0.779. The van der Waals surface area contributed by atoms with Crippen LogP contribution in [0.3, 0.4) is 0 Å². The number of ether oxygens (including phenoxy) is 2. The number of nitrogens with one attached hydrogen (secondary N) is 1. The van der Waals surface area contributed by atoms with Crippen molar-refractivity contribution in [3.63, 3.8) is 0 Å². The second-order valence-electron chi connectivity index (χ2n) is 6.69. The van der Waals surface area contributed by atoms with Crippen LogP contribution < -0.4 is 5.32 Å². The molecule has 1 fully saturated rings. The largest absolute Gasteiger partial charge is 0.383 e. The van der Waals surface area contributed by atoms with E-state index in [1.54, 1.807) is 7.11 Å². The van der Waals surface area contributed by atoms with Crippen molar-refractivity contribution in [1.29, 1.82) is 0 Å². The SMILES string of the molecule is COCC(NC1CC(C)(C)OC1(C)C)C(C)C. The molecular weight excluding hydrogens is 214 g/mol. The zero-order chi connectivity index (χ0) is 13.3. The van der Waals surface area contributed by atoms with Crippen LogP contribution in [0.4, 0.5) is 0 Å². The van der Waals surface area contributed by atoms with E-state index in [9.17, 15) is 0 Å². The van der Waals surface area contributed by atoms with Crippen LogP contribution in [-0.2, 0) is 9.47 Å². The first-order valence-electron chi connectivity index (χ1n) is 6.63. The van der Waals surface area contributed by atoms with Gasteiger partial charge in [0.1, 0.15) is 0 Å². The maximum Gasteiger partial charge on any atom is 0.0787 e. The molecule has 102 valence electrons. The highest BCUT2D eigenvalue weighted by Gasteiger charge is 2.46. The molecule has 17 heavy (non-hydrogen) atoms. The van der Waals surface area contributed by atoms with Crippen molar-refractivity contribution < 1.29 is 9.47 Å². The molecule has 3 heteroatoms. The van der Waals surface area contributed by atoms with Gasteiger partial charge >= 0.3 is 0 Å². The topological polar surface area (TPSA) is 30.5 Å². The molecule has 0 aromatic rings. The first kappa shape index (κ1) is 14.9. The van der Waals surface area contributed by atoms with Crippen molar-refractivity contribution in [1.82, 2.24) is 5.32 Å². The molecule has 2 atom stereocenters. The van der Waals surface area contributed by atoms with Gasteiger partial charge in [0.2, 0.25) is 0 Å². The van der Waals surface area contributed by atoms with Crippen molar-refractivity contribution in [2.75, 3.05) is 13.7 Å². The van der Waals surface area contributed by atoms with Crippen molar-refractivity contribution in [3.8, 4) is 0 Å². The van der Waals surface area contributed by atoms with E-state index in [0.717, 1.165) is 13.0 Å². The Kier molecular flexibility index (Phi) is 4.61. The summed E-state index contributed by atoms with van der Waals surface area (Å²) in [5, 5.41) is 3.71. The third kappa shape index (κ3) is 3.94. The minimum atomic E-state index is -0.107. The quantitative estimate of drug-likeness (QED) is 0.805. The van der Waals surface area contributed by atoms with Gasteiger partial charge in [-0.05, 0) is 40.0 Å². The molecular formula is C14H29NO2. The van der Waals surface area contributed by atoms with E-state index in [-0.39, 0.29) is 11.2 Å². The normalized spacial score (nSPS) is 28.6. The van der Waals surface area contributed by atoms with Gasteiger partial charge in [-0.25, -0.2) is 0 Å². The average Bonchev–Trinajstić information content (AvgIpc) is 2.33. The highest BCUT2D eigenvalue weighted by Crippen LogP contribution is 2.37. The number of methoxy groups -OCH3 is 1. The maximum absolute atomic E-state index is 6.10. The van der Waals surface area contributed by atoms with E-state index in [0.29, 0.717) is 18.0 Å². The van der Waals surface area contributed by atoms with Crippen molar-refractivity contribution in [2.24, 2.45) is 5.92 Å². The van der Waals surface area contributed by atoms with Crippen molar-refractivity contribution in [3.05, 3.63) is 0 Å². The lowest BCUT2D eigenvalue weighted by Gasteiger charge is -2.32. The van der Waals surface area contributed by atoms with Gasteiger partial charge < -0.3 is 14.8 Å². The molecule has 2 unspecified atom stereocenters. The Morgan fingerprint density at radius 2 is 1.88 bits per heavy atom. The fraction of sp³-hybridized carbons (Fsp3) is 1.00. The van der Waals surface area contributed by atoms with Crippen LogP contribution in [0.2, 0.25) is 0 Å². The van der Waals surface area contributed by atoms with Crippen LogP contribution in [0.15, 0.2) is 0 Å². The molecule has 0 aromatic carbocycles. The summed E-state index contributed by atoms with van der Waals surface area (Å²) in [6.07, 6.45) is 1.05. The number of rotatable bonds is 5. The van der Waals surface area contributed by atoms with E-state index in [1.165, 1.54) is 0 Å². The van der Waals surface area contributed by atoms with Gasteiger partial charge in [0.25, 0.3) is 0 Å². The Morgan fingerprint density at radius 1 is 1.29 bits per heavy atom. The lowest BCUT2D eigenvalue weighted by Crippen LogP contribution is -2.51. The van der Waals surface area contributed by atoms with Crippen LogP contribution in [-0.4, -0.2) is 37.0 Å². The van der Waals surface area contributed by atoms with Crippen LogP contribution in [0.5, 0.6) is 0 Å². The van der Waals surface area contributed by atoms with Crippen LogP contribution in [0, 0.1) is 5.92 Å². The molecule has 0 radical (unpaired) electrons. The summed E-state index contributed by atoms with van der Waals surface area (Å²) in [4.78, 5) is 0. The molecule has 0 aliphatic carbocycles. The first-order valence-corrected chi connectivity index (χ1v) is 6.63. The highest BCUT2D eigenvalue weighted by molar-refractivity contribution is 5.00. The summed E-state index contributed by atoms with van der Waals surface area (Å²) in [5.41, 5.74) is -0.139. The van der Waals surface area contributed by atoms with Gasteiger partial charge in [0.05, 0.1) is 17.8 Å². The second-order valence-corrected chi connectivity index (χ2v) is 6.69. The van der Waals surface area contributed by atoms with Gasteiger partial charge in [-0.15, -0.1) is 0 Å². The molecule has 1 aliphatic heterocycles. The van der Waals surface area contributed by atoms with Gasteiger partial charge in [0.15, 0.2) is 0 Å². The Morgan fingerprint density at radius 3 is 2.24 bits per heavy atom. The summed E-state index contributed by atoms with van der Waals surface area (Å²) in [5.74, 6) is 0.564. The fourth-order valence-corrected chi connectivity index (χ4v) is 2.69. The number of hydrogen-bond donors (Lipinski definition) is 1. The van der Waals surface area contributed by atoms with Gasteiger partial charge in [-0.3, -0.25) is 0 Å². The van der Waals surface area contributed by atoms with E-state index in [2.05, 4.69) is 46.9 Å². The predicted octanol–water partition coefficient (Wildman–Crippen LogP) is 2.59. The second kappa shape index (κ2) is 5.25. The summed E-state index contributed by atoms with van der Waals surface area (Å²) < 4.78 is 11.4. The molecule has 1 aliphatic rings. The zero-order valence-electron chi connectivity index (χ0n) is 12.5. The number of hydrogen-bond acceptors (Lipinski definition) is 3. The van der Waals surface area contributed by atoms with E-state index in [4.69, 9.17) is 9.47 Å².